The highest BCUT2D eigenvalue weighted by atomic mass is 127. The average molecular weight is 301 g/mol. The van der Waals surface area contributed by atoms with E-state index in [0.29, 0.717) is 0 Å². The van der Waals surface area contributed by atoms with Crippen LogP contribution in [0.25, 0.3) is 0 Å². The first-order valence-corrected chi connectivity index (χ1v) is 4.41. The summed E-state index contributed by atoms with van der Waals surface area (Å²) in [4.78, 5) is 3.62. The van der Waals surface area contributed by atoms with Crippen molar-refractivity contribution in [1.82, 2.24) is 4.98 Å². The number of hydrogen-bond acceptors (Lipinski definition) is 3. The summed E-state index contributed by atoms with van der Waals surface area (Å²) in [5.74, 6) is -0.298. The molecule has 0 saturated carbocycles. The van der Waals surface area contributed by atoms with Gasteiger partial charge < -0.3 is 10.2 Å². The zero-order valence-electron chi connectivity index (χ0n) is 6.34. The molecular formula is C7H6F2INO2. The van der Waals surface area contributed by atoms with Crippen molar-refractivity contribution >= 4 is 22.6 Å². The van der Waals surface area contributed by atoms with Gasteiger partial charge in [-0.15, -0.1) is 0 Å². The third-order valence-electron chi connectivity index (χ3n) is 1.45. The molecule has 6 heteroatoms. The van der Waals surface area contributed by atoms with Crippen LogP contribution in [0.1, 0.15) is 17.7 Å². The summed E-state index contributed by atoms with van der Waals surface area (Å²) in [6, 6.07) is 0.922. The molecule has 0 amide bonds. The largest absolute Gasteiger partial charge is 0.505 e. The van der Waals surface area contributed by atoms with Gasteiger partial charge in [-0.25, -0.2) is 13.8 Å². The Morgan fingerprint density at radius 1 is 1.54 bits per heavy atom. The van der Waals surface area contributed by atoms with Crippen molar-refractivity contribution in [3.05, 3.63) is 21.0 Å². The van der Waals surface area contributed by atoms with E-state index < -0.39 is 18.6 Å². The Balaban J connectivity index is 3.25. The van der Waals surface area contributed by atoms with Gasteiger partial charge in [0.1, 0.15) is 9.45 Å². The van der Waals surface area contributed by atoms with Crippen molar-refractivity contribution < 1.29 is 19.0 Å². The number of aliphatic hydroxyl groups excluding tert-OH is 1. The van der Waals surface area contributed by atoms with Crippen LogP contribution >= 0.6 is 22.6 Å². The standard InChI is InChI=1S/C7H6F2INO2/c8-6(9)3-1-5(13)7(10)11-4(3)2-12/h1,6,12-13H,2H2. The molecule has 72 valence electrons. The lowest BCUT2D eigenvalue weighted by Gasteiger charge is -2.06. The quantitative estimate of drug-likeness (QED) is 0.647. The number of pyridine rings is 1. The van der Waals surface area contributed by atoms with E-state index in [9.17, 15) is 8.78 Å². The van der Waals surface area contributed by atoms with E-state index >= 15 is 0 Å². The molecule has 1 aromatic rings. The number of halogens is 3. The van der Waals surface area contributed by atoms with Crippen molar-refractivity contribution in [2.45, 2.75) is 13.0 Å². The van der Waals surface area contributed by atoms with Gasteiger partial charge in [0.25, 0.3) is 6.43 Å². The van der Waals surface area contributed by atoms with Crippen molar-refractivity contribution in [3.63, 3.8) is 0 Å². The Labute approximate surface area is 86.6 Å². The fourth-order valence-electron chi connectivity index (χ4n) is 0.846. The topological polar surface area (TPSA) is 53.4 Å². The van der Waals surface area contributed by atoms with E-state index in [1.54, 1.807) is 22.6 Å². The molecule has 0 atom stereocenters. The lowest BCUT2D eigenvalue weighted by molar-refractivity contribution is 0.145. The maximum atomic E-state index is 12.3. The summed E-state index contributed by atoms with van der Waals surface area (Å²) in [6.45, 7) is -0.560. The molecule has 0 aliphatic carbocycles. The summed E-state index contributed by atoms with van der Waals surface area (Å²) in [5, 5.41) is 17.8. The second-order valence-electron chi connectivity index (χ2n) is 2.29. The monoisotopic (exact) mass is 301 g/mol. The van der Waals surface area contributed by atoms with Crippen LogP contribution in [0.2, 0.25) is 0 Å². The summed E-state index contributed by atoms with van der Waals surface area (Å²) in [6.07, 6.45) is -2.74. The van der Waals surface area contributed by atoms with Crippen molar-refractivity contribution in [2.24, 2.45) is 0 Å². The van der Waals surface area contributed by atoms with E-state index in [0.717, 1.165) is 6.07 Å². The molecular weight excluding hydrogens is 295 g/mol. The first-order chi connectivity index (χ1) is 6.06. The van der Waals surface area contributed by atoms with Crippen molar-refractivity contribution in [2.75, 3.05) is 0 Å². The number of nitrogens with zero attached hydrogens (tertiary/aromatic N) is 1. The fourth-order valence-corrected chi connectivity index (χ4v) is 1.29. The smallest absolute Gasteiger partial charge is 0.265 e. The van der Waals surface area contributed by atoms with Crippen LogP contribution in [-0.4, -0.2) is 15.2 Å². The fraction of sp³-hybridized carbons (Fsp3) is 0.286. The number of aromatic hydroxyl groups is 1. The second-order valence-corrected chi connectivity index (χ2v) is 3.31. The average Bonchev–Trinajstić information content (AvgIpc) is 2.08. The van der Waals surface area contributed by atoms with Gasteiger partial charge in [-0.1, -0.05) is 0 Å². The molecule has 2 N–H and O–H groups in total. The van der Waals surface area contributed by atoms with Crippen LogP contribution in [0, 0.1) is 3.70 Å². The third-order valence-corrected chi connectivity index (χ3v) is 2.25. The highest BCUT2D eigenvalue weighted by molar-refractivity contribution is 14.1. The van der Waals surface area contributed by atoms with E-state index in [4.69, 9.17) is 10.2 Å². The second kappa shape index (κ2) is 4.14. The lowest BCUT2D eigenvalue weighted by Crippen LogP contribution is -2.00. The zero-order chi connectivity index (χ0) is 10.0. The molecule has 1 rings (SSSR count). The van der Waals surface area contributed by atoms with Gasteiger partial charge in [-0.2, -0.15) is 0 Å². The van der Waals surface area contributed by atoms with E-state index in [1.165, 1.54) is 0 Å². The van der Waals surface area contributed by atoms with Gasteiger partial charge >= 0.3 is 0 Å². The molecule has 0 aromatic carbocycles. The van der Waals surface area contributed by atoms with Crippen LogP contribution in [0.15, 0.2) is 6.07 Å². The summed E-state index contributed by atoms with van der Waals surface area (Å²) in [5.41, 5.74) is -0.530. The third kappa shape index (κ3) is 2.25. The minimum atomic E-state index is -2.74. The SMILES string of the molecule is OCc1nc(I)c(O)cc1C(F)F. The number of alkyl halides is 2. The molecule has 0 radical (unpaired) electrons. The van der Waals surface area contributed by atoms with E-state index in [1.807, 2.05) is 0 Å². The van der Waals surface area contributed by atoms with Crippen LogP contribution < -0.4 is 0 Å². The molecule has 0 aliphatic rings. The molecule has 0 bridgehead atoms. The van der Waals surface area contributed by atoms with Gasteiger partial charge in [0.15, 0.2) is 0 Å². The Morgan fingerprint density at radius 3 is 2.62 bits per heavy atom. The maximum absolute atomic E-state index is 12.3. The first-order valence-electron chi connectivity index (χ1n) is 3.33. The summed E-state index contributed by atoms with van der Waals surface area (Å²) in [7, 11) is 0. The number of aromatic nitrogens is 1. The van der Waals surface area contributed by atoms with E-state index in [-0.39, 0.29) is 15.1 Å². The molecule has 0 unspecified atom stereocenters. The number of rotatable bonds is 2. The van der Waals surface area contributed by atoms with Crippen LogP contribution in [0.4, 0.5) is 8.78 Å². The predicted octanol–water partition coefficient (Wildman–Crippen LogP) is 1.82. The maximum Gasteiger partial charge on any atom is 0.265 e. The highest BCUT2D eigenvalue weighted by Crippen LogP contribution is 2.28. The van der Waals surface area contributed by atoms with Crippen molar-refractivity contribution in [3.8, 4) is 5.75 Å². The summed E-state index contributed by atoms with van der Waals surface area (Å²) >= 11 is 1.70. The molecule has 0 spiro atoms. The minimum Gasteiger partial charge on any atom is -0.505 e. The molecule has 0 aliphatic heterocycles. The Morgan fingerprint density at radius 2 is 2.15 bits per heavy atom. The van der Waals surface area contributed by atoms with Crippen LogP contribution in [0.3, 0.4) is 0 Å². The highest BCUT2D eigenvalue weighted by Gasteiger charge is 2.16. The van der Waals surface area contributed by atoms with Gasteiger partial charge in [-0.3, -0.25) is 0 Å². The Bertz CT molecular complexity index is 320. The molecule has 13 heavy (non-hydrogen) atoms. The van der Waals surface area contributed by atoms with Gasteiger partial charge in [0, 0.05) is 5.56 Å². The summed E-state index contributed by atoms with van der Waals surface area (Å²) < 4.78 is 24.7. The van der Waals surface area contributed by atoms with Gasteiger partial charge in [0.05, 0.1) is 12.3 Å². The number of aliphatic hydroxyl groups is 1. The molecule has 0 saturated heterocycles. The normalized spacial score (nSPS) is 10.8. The van der Waals surface area contributed by atoms with E-state index in [2.05, 4.69) is 4.98 Å². The van der Waals surface area contributed by atoms with Gasteiger partial charge in [-0.05, 0) is 28.7 Å². The minimum absolute atomic E-state index is 0.0998. The number of hydrogen-bond donors (Lipinski definition) is 2. The zero-order valence-corrected chi connectivity index (χ0v) is 8.49. The van der Waals surface area contributed by atoms with Crippen LogP contribution in [-0.2, 0) is 6.61 Å². The van der Waals surface area contributed by atoms with Gasteiger partial charge in [0.2, 0.25) is 0 Å². The lowest BCUT2D eigenvalue weighted by atomic mass is 10.2. The Hall–Kier alpha value is -0.500. The first kappa shape index (κ1) is 10.6. The van der Waals surface area contributed by atoms with Crippen molar-refractivity contribution in [1.29, 1.82) is 0 Å². The molecule has 1 heterocycles. The predicted molar refractivity (Wildman–Crippen MR) is 49.5 cm³/mol. The molecule has 1 aromatic heterocycles. The Kier molecular flexibility index (Phi) is 3.37. The molecule has 3 nitrogen and oxygen atoms in total. The molecule has 0 fully saturated rings. The van der Waals surface area contributed by atoms with Crippen LogP contribution in [0.5, 0.6) is 5.75 Å².